The Kier molecular flexibility index (Phi) is 5.82. The summed E-state index contributed by atoms with van der Waals surface area (Å²) in [7, 11) is 0. The van der Waals surface area contributed by atoms with Crippen LogP contribution >= 0.6 is 0 Å². The molecule has 0 spiro atoms. The first-order chi connectivity index (χ1) is 17.9. The zero-order valence-corrected chi connectivity index (χ0v) is 20.4. The van der Waals surface area contributed by atoms with Crippen molar-refractivity contribution in [3.05, 3.63) is 95.0 Å². The van der Waals surface area contributed by atoms with Gasteiger partial charge in [0.05, 0.1) is 11.4 Å². The summed E-state index contributed by atoms with van der Waals surface area (Å²) in [5.41, 5.74) is 6.68. The lowest BCUT2D eigenvalue weighted by atomic mass is 9.95. The molecule has 1 aliphatic carbocycles. The number of hydrogen-bond donors (Lipinski definition) is 1. The highest BCUT2D eigenvalue weighted by Crippen LogP contribution is 2.39. The van der Waals surface area contributed by atoms with Crippen LogP contribution in [0.1, 0.15) is 52.8 Å². The first-order valence-electron chi connectivity index (χ1n) is 12.5. The predicted octanol–water partition coefficient (Wildman–Crippen LogP) is 6.67. The zero-order chi connectivity index (χ0) is 25.6. The standard InChI is InChI=1S/C29H26F3N5/c1-18-27(19-5-3-2-4-6-19)36-28(35-18)20-9-13-37(14-10-20)25-8-12-33-24-16-22(15-23(24)25)21-7-11-34-26(17-21)29(30,31)32/h2-8,11-12,15,17,20H,9-10,13-14,16H2,1H3,(H,35,36). The Balaban J connectivity index is 1.20. The van der Waals surface area contributed by atoms with Crippen molar-refractivity contribution in [1.82, 2.24) is 19.9 Å². The molecule has 188 valence electrons. The molecule has 1 fully saturated rings. The second-order valence-electron chi connectivity index (χ2n) is 9.69. The van der Waals surface area contributed by atoms with Crippen molar-refractivity contribution in [2.75, 3.05) is 18.0 Å². The Bertz CT molecular complexity index is 1460. The van der Waals surface area contributed by atoms with Crippen molar-refractivity contribution in [3.63, 3.8) is 0 Å². The Morgan fingerprint density at radius 3 is 2.46 bits per heavy atom. The van der Waals surface area contributed by atoms with E-state index in [1.807, 2.05) is 30.3 Å². The number of piperidine rings is 1. The Morgan fingerprint density at radius 1 is 0.946 bits per heavy atom. The second-order valence-corrected chi connectivity index (χ2v) is 9.69. The minimum Gasteiger partial charge on any atom is -0.371 e. The summed E-state index contributed by atoms with van der Waals surface area (Å²) in [6.45, 7) is 3.81. The molecule has 5 nitrogen and oxygen atoms in total. The molecule has 4 aromatic rings. The van der Waals surface area contributed by atoms with Crippen molar-refractivity contribution in [2.45, 2.75) is 38.3 Å². The minimum absolute atomic E-state index is 0.353. The average molecular weight is 502 g/mol. The summed E-state index contributed by atoms with van der Waals surface area (Å²) in [6, 6.07) is 15.0. The van der Waals surface area contributed by atoms with Gasteiger partial charge in [-0.3, -0.25) is 9.97 Å². The van der Waals surface area contributed by atoms with Gasteiger partial charge in [0.25, 0.3) is 0 Å². The molecule has 8 heteroatoms. The molecule has 0 bridgehead atoms. The maximum atomic E-state index is 13.2. The number of imidazole rings is 1. The second kappa shape index (κ2) is 9.18. The number of halogens is 3. The summed E-state index contributed by atoms with van der Waals surface area (Å²) >= 11 is 0. The van der Waals surface area contributed by atoms with E-state index in [9.17, 15) is 13.2 Å². The molecule has 1 saturated heterocycles. The highest BCUT2D eigenvalue weighted by molar-refractivity contribution is 5.92. The van der Waals surface area contributed by atoms with E-state index in [2.05, 4.69) is 38.9 Å². The fourth-order valence-corrected chi connectivity index (χ4v) is 5.40. The number of alkyl halides is 3. The van der Waals surface area contributed by atoms with Crippen molar-refractivity contribution >= 4 is 17.3 Å². The van der Waals surface area contributed by atoms with Crippen LogP contribution in [0.15, 0.2) is 60.9 Å². The van der Waals surface area contributed by atoms with Gasteiger partial charge < -0.3 is 9.88 Å². The summed E-state index contributed by atoms with van der Waals surface area (Å²) in [6.07, 6.45) is 2.98. The number of anilines is 1. The van der Waals surface area contributed by atoms with Gasteiger partial charge in [0.15, 0.2) is 0 Å². The number of nitrogens with zero attached hydrogens (tertiary/aromatic N) is 4. The summed E-state index contributed by atoms with van der Waals surface area (Å²) in [5, 5.41) is 0. The first kappa shape index (κ1) is 23.5. The van der Waals surface area contributed by atoms with Gasteiger partial charge in [-0.25, -0.2) is 4.98 Å². The third-order valence-electron chi connectivity index (χ3n) is 7.32. The van der Waals surface area contributed by atoms with E-state index < -0.39 is 11.9 Å². The lowest BCUT2D eigenvalue weighted by Gasteiger charge is -2.33. The number of rotatable bonds is 4. The third kappa shape index (κ3) is 4.52. The number of aromatic nitrogens is 4. The molecule has 0 saturated carbocycles. The quantitative estimate of drug-likeness (QED) is 0.339. The van der Waals surface area contributed by atoms with Crippen LogP contribution in [0, 0.1) is 6.92 Å². The van der Waals surface area contributed by atoms with E-state index in [1.54, 1.807) is 12.3 Å². The summed E-state index contributed by atoms with van der Waals surface area (Å²) in [4.78, 5) is 18.8. The zero-order valence-electron chi connectivity index (χ0n) is 20.4. The van der Waals surface area contributed by atoms with Crippen LogP contribution in [0.3, 0.4) is 0 Å². The molecule has 0 radical (unpaired) electrons. The lowest BCUT2D eigenvalue weighted by Crippen LogP contribution is -2.33. The lowest BCUT2D eigenvalue weighted by molar-refractivity contribution is -0.141. The van der Waals surface area contributed by atoms with Crippen LogP contribution in [-0.2, 0) is 12.6 Å². The average Bonchev–Trinajstić information content (AvgIpc) is 3.53. The molecule has 1 N–H and O–H groups in total. The van der Waals surface area contributed by atoms with E-state index in [0.29, 0.717) is 17.9 Å². The monoisotopic (exact) mass is 501 g/mol. The molecular weight excluding hydrogens is 475 g/mol. The number of fused-ring (bicyclic) bond motifs is 1. The fraction of sp³-hybridized carbons (Fsp3) is 0.276. The molecule has 4 heterocycles. The number of pyridine rings is 2. The number of allylic oxidation sites excluding steroid dienone is 1. The summed E-state index contributed by atoms with van der Waals surface area (Å²) < 4.78 is 39.5. The first-order valence-corrected chi connectivity index (χ1v) is 12.5. The SMILES string of the molecule is Cc1[nH]c(C2CCN(c3ccnc4c3C=C(c3ccnc(C(F)(F)F)c3)C4)CC2)nc1-c1ccccc1. The number of aryl methyl sites for hydroxylation is 1. The topological polar surface area (TPSA) is 57.7 Å². The number of H-pyrrole nitrogens is 1. The van der Waals surface area contributed by atoms with Gasteiger partial charge in [-0.15, -0.1) is 0 Å². The van der Waals surface area contributed by atoms with Crippen LogP contribution in [0.4, 0.5) is 18.9 Å². The van der Waals surface area contributed by atoms with E-state index in [1.165, 1.54) is 6.20 Å². The maximum absolute atomic E-state index is 13.2. The van der Waals surface area contributed by atoms with Crippen LogP contribution in [-0.4, -0.2) is 33.0 Å². The van der Waals surface area contributed by atoms with Gasteiger partial charge in [-0.05, 0) is 55.2 Å². The number of benzene rings is 1. The highest BCUT2D eigenvalue weighted by atomic mass is 19.4. The minimum atomic E-state index is -4.47. The van der Waals surface area contributed by atoms with E-state index in [4.69, 9.17) is 4.98 Å². The molecular formula is C29H26F3N5. The van der Waals surface area contributed by atoms with Crippen LogP contribution in [0.5, 0.6) is 0 Å². The van der Waals surface area contributed by atoms with Gasteiger partial charge in [0, 0.05) is 60.3 Å². The number of hydrogen-bond acceptors (Lipinski definition) is 4. The molecule has 0 atom stereocenters. The molecule has 37 heavy (non-hydrogen) atoms. The van der Waals surface area contributed by atoms with Crippen molar-refractivity contribution in [2.24, 2.45) is 0 Å². The van der Waals surface area contributed by atoms with Crippen LogP contribution in [0.25, 0.3) is 22.9 Å². The largest absolute Gasteiger partial charge is 0.433 e. The normalized spacial score (nSPS) is 16.1. The number of aromatic amines is 1. The molecule has 0 unspecified atom stereocenters. The Hall–Kier alpha value is -3.94. The van der Waals surface area contributed by atoms with Crippen molar-refractivity contribution < 1.29 is 13.2 Å². The van der Waals surface area contributed by atoms with Gasteiger partial charge >= 0.3 is 6.18 Å². The van der Waals surface area contributed by atoms with Gasteiger partial charge in [0.1, 0.15) is 11.5 Å². The van der Waals surface area contributed by atoms with Crippen molar-refractivity contribution in [1.29, 1.82) is 0 Å². The van der Waals surface area contributed by atoms with Crippen LogP contribution in [0.2, 0.25) is 0 Å². The van der Waals surface area contributed by atoms with Gasteiger partial charge in [0.2, 0.25) is 0 Å². The van der Waals surface area contributed by atoms with Gasteiger partial charge in [-0.2, -0.15) is 13.2 Å². The molecule has 2 aliphatic rings. The molecule has 0 amide bonds. The highest BCUT2D eigenvalue weighted by Gasteiger charge is 2.33. The molecule has 1 aliphatic heterocycles. The maximum Gasteiger partial charge on any atom is 0.433 e. The smallest absolute Gasteiger partial charge is 0.371 e. The van der Waals surface area contributed by atoms with Gasteiger partial charge in [-0.1, -0.05) is 30.3 Å². The predicted molar refractivity (Wildman–Crippen MR) is 138 cm³/mol. The summed E-state index contributed by atoms with van der Waals surface area (Å²) in [5.74, 6) is 1.39. The van der Waals surface area contributed by atoms with E-state index in [-0.39, 0.29) is 0 Å². The molecule has 1 aromatic carbocycles. The van der Waals surface area contributed by atoms with Crippen LogP contribution < -0.4 is 4.90 Å². The third-order valence-corrected chi connectivity index (χ3v) is 7.32. The van der Waals surface area contributed by atoms with E-state index >= 15 is 0 Å². The molecule has 6 rings (SSSR count). The number of nitrogens with one attached hydrogen (secondary N) is 1. The molecule has 3 aromatic heterocycles. The Morgan fingerprint density at radius 2 is 1.70 bits per heavy atom. The van der Waals surface area contributed by atoms with E-state index in [0.717, 1.165) is 77.3 Å². The fourth-order valence-electron chi connectivity index (χ4n) is 5.40. The van der Waals surface area contributed by atoms with Crippen molar-refractivity contribution in [3.8, 4) is 11.3 Å². The Labute approximate surface area is 213 Å².